The van der Waals surface area contributed by atoms with Crippen LogP contribution >= 0.6 is 22.9 Å². The topological polar surface area (TPSA) is 42.2 Å². The lowest BCUT2D eigenvalue weighted by Gasteiger charge is -2.21. The minimum Gasteiger partial charge on any atom is -0.418 e. The van der Waals surface area contributed by atoms with Gasteiger partial charge in [-0.3, -0.25) is 4.90 Å². The highest BCUT2D eigenvalue weighted by Crippen LogP contribution is 2.27. The Kier molecular flexibility index (Phi) is 4.57. The van der Waals surface area contributed by atoms with Gasteiger partial charge in [0.05, 0.1) is 10.9 Å². The summed E-state index contributed by atoms with van der Waals surface area (Å²) in [6.45, 7) is 2.81. The molecule has 0 aliphatic carbocycles. The van der Waals surface area contributed by atoms with Crippen molar-refractivity contribution in [1.82, 2.24) is 15.1 Å². The zero-order chi connectivity index (χ0) is 15.5. The quantitative estimate of drug-likeness (QED) is 0.682. The van der Waals surface area contributed by atoms with Gasteiger partial charge in [-0.25, -0.2) is 0 Å². The van der Waals surface area contributed by atoms with Crippen molar-refractivity contribution < 1.29 is 4.42 Å². The predicted octanol–water partition coefficient (Wildman–Crippen LogP) is 4.64. The first-order chi connectivity index (χ1) is 10.6. The Morgan fingerprint density at radius 1 is 1.27 bits per heavy atom. The van der Waals surface area contributed by atoms with Crippen LogP contribution in [0, 0.1) is 0 Å². The second-order valence-electron chi connectivity index (χ2n) is 5.14. The van der Waals surface area contributed by atoms with Gasteiger partial charge >= 0.3 is 0 Å². The summed E-state index contributed by atoms with van der Waals surface area (Å²) in [5, 5.41) is 11.0. The smallest absolute Gasteiger partial charge is 0.257 e. The van der Waals surface area contributed by atoms with E-state index in [0.29, 0.717) is 11.8 Å². The van der Waals surface area contributed by atoms with E-state index in [0.717, 1.165) is 22.0 Å². The lowest BCUT2D eigenvalue weighted by atomic mass is 10.2. The minimum atomic E-state index is 0.0280. The summed E-state index contributed by atoms with van der Waals surface area (Å²) in [4.78, 5) is 3.14. The molecule has 6 heteroatoms. The highest BCUT2D eigenvalue weighted by atomic mass is 35.5. The molecule has 0 N–H and O–H groups in total. The summed E-state index contributed by atoms with van der Waals surface area (Å²) in [5.41, 5.74) is 1.15. The van der Waals surface area contributed by atoms with Gasteiger partial charge in [0.15, 0.2) is 0 Å². The molecule has 0 amide bonds. The lowest BCUT2D eigenvalue weighted by Crippen LogP contribution is -2.22. The molecule has 0 spiro atoms. The van der Waals surface area contributed by atoms with E-state index in [1.54, 1.807) is 11.3 Å². The molecule has 22 heavy (non-hydrogen) atoms. The molecule has 3 rings (SSSR count). The predicted molar refractivity (Wildman–Crippen MR) is 88.9 cm³/mol. The Balaban J connectivity index is 1.72. The van der Waals surface area contributed by atoms with Crippen LogP contribution in [0.2, 0.25) is 5.02 Å². The first-order valence-electron chi connectivity index (χ1n) is 6.95. The number of thiophene rings is 1. The molecular formula is C16H16ClN3OS. The molecule has 0 saturated carbocycles. The second-order valence-corrected chi connectivity index (χ2v) is 6.53. The van der Waals surface area contributed by atoms with Crippen LogP contribution in [0.3, 0.4) is 0 Å². The first kappa shape index (κ1) is 15.2. The third-order valence-corrected chi connectivity index (χ3v) is 4.61. The fourth-order valence-corrected chi connectivity index (χ4v) is 3.01. The largest absolute Gasteiger partial charge is 0.418 e. The van der Waals surface area contributed by atoms with Crippen molar-refractivity contribution in [2.24, 2.45) is 0 Å². The summed E-state index contributed by atoms with van der Waals surface area (Å²) in [6, 6.07) is 11.8. The molecule has 3 aromatic rings. The summed E-state index contributed by atoms with van der Waals surface area (Å²) < 4.78 is 5.79. The molecule has 2 heterocycles. The van der Waals surface area contributed by atoms with Crippen molar-refractivity contribution in [3.8, 4) is 10.8 Å². The molecule has 0 aliphatic heterocycles. The number of hydrogen-bond acceptors (Lipinski definition) is 5. The van der Waals surface area contributed by atoms with Gasteiger partial charge in [-0.05, 0) is 43.1 Å². The minimum absolute atomic E-state index is 0.0280. The fourth-order valence-electron chi connectivity index (χ4n) is 2.15. The Morgan fingerprint density at radius 2 is 2.14 bits per heavy atom. The normalized spacial score (nSPS) is 12.7. The number of benzene rings is 1. The Hall–Kier alpha value is -1.69. The maximum Gasteiger partial charge on any atom is 0.257 e. The van der Waals surface area contributed by atoms with Crippen LogP contribution in [0.4, 0.5) is 0 Å². The molecule has 0 radical (unpaired) electrons. The number of aromatic nitrogens is 2. The zero-order valence-corrected chi connectivity index (χ0v) is 13.9. The highest BCUT2D eigenvalue weighted by Gasteiger charge is 2.19. The van der Waals surface area contributed by atoms with Crippen LogP contribution in [-0.2, 0) is 6.54 Å². The monoisotopic (exact) mass is 333 g/mol. The van der Waals surface area contributed by atoms with Gasteiger partial charge in [-0.1, -0.05) is 29.8 Å². The molecule has 0 fully saturated rings. The molecule has 4 nitrogen and oxygen atoms in total. The van der Waals surface area contributed by atoms with Gasteiger partial charge in [0.1, 0.15) is 0 Å². The van der Waals surface area contributed by atoms with Crippen LogP contribution in [-0.4, -0.2) is 22.1 Å². The molecule has 0 saturated heterocycles. The van der Waals surface area contributed by atoms with Crippen molar-refractivity contribution in [3.63, 3.8) is 0 Å². The highest BCUT2D eigenvalue weighted by molar-refractivity contribution is 7.13. The van der Waals surface area contributed by atoms with E-state index < -0.39 is 0 Å². The Morgan fingerprint density at radius 3 is 2.86 bits per heavy atom. The second kappa shape index (κ2) is 6.60. The molecule has 0 bridgehead atoms. The van der Waals surface area contributed by atoms with Gasteiger partial charge in [0.25, 0.3) is 5.89 Å². The van der Waals surface area contributed by atoms with Crippen molar-refractivity contribution in [2.45, 2.75) is 19.5 Å². The average molecular weight is 334 g/mol. The average Bonchev–Trinajstić information content (AvgIpc) is 3.17. The molecule has 2 aromatic heterocycles. The third kappa shape index (κ3) is 3.38. The van der Waals surface area contributed by atoms with Crippen LogP contribution in [0.15, 0.2) is 46.2 Å². The van der Waals surface area contributed by atoms with Crippen LogP contribution < -0.4 is 0 Å². The standard InChI is InChI=1S/C16H16ClN3OS/c1-11(20(2)10-12-5-3-6-13(17)9-12)15-18-19-16(21-15)14-7-4-8-22-14/h3-9,11H,10H2,1-2H3/t11-/m1/s1. The number of rotatable bonds is 5. The van der Waals surface area contributed by atoms with Crippen molar-refractivity contribution in [3.05, 3.63) is 58.3 Å². The molecule has 1 aromatic carbocycles. The number of halogens is 1. The van der Waals surface area contributed by atoms with E-state index in [1.807, 2.05) is 42.8 Å². The maximum atomic E-state index is 6.03. The van der Waals surface area contributed by atoms with Crippen molar-refractivity contribution in [2.75, 3.05) is 7.05 Å². The van der Waals surface area contributed by atoms with Crippen LogP contribution in [0.5, 0.6) is 0 Å². The number of nitrogens with zero attached hydrogens (tertiary/aromatic N) is 3. The Bertz CT molecular complexity index is 741. The van der Waals surface area contributed by atoms with E-state index in [4.69, 9.17) is 16.0 Å². The van der Waals surface area contributed by atoms with Gasteiger partial charge in [-0.15, -0.1) is 21.5 Å². The van der Waals surface area contributed by atoms with Gasteiger partial charge < -0.3 is 4.42 Å². The molecular weight excluding hydrogens is 318 g/mol. The summed E-state index contributed by atoms with van der Waals surface area (Å²) in [5.74, 6) is 1.20. The van der Waals surface area contributed by atoms with Crippen LogP contribution in [0.1, 0.15) is 24.4 Å². The van der Waals surface area contributed by atoms with Gasteiger partial charge in [0.2, 0.25) is 5.89 Å². The van der Waals surface area contributed by atoms with Gasteiger partial charge in [-0.2, -0.15) is 0 Å². The SMILES string of the molecule is C[C@H](c1nnc(-c2cccs2)o1)N(C)Cc1cccc(Cl)c1. The van der Waals surface area contributed by atoms with Crippen molar-refractivity contribution in [1.29, 1.82) is 0 Å². The maximum absolute atomic E-state index is 6.03. The molecule has 114 valence electrons. The summed E-state index contributed by atoms with van der Waals surface area (Å²) >= 11 is 7.62. The van der Waals surface area contributed by atoms with Crippen molar-refractivity contribution >= 4 is 22.9 Å². The molecule has 0 aliphatic rings. The lowest BCUT2D eigenvalue weighted by molar-refractivity contribution is 0.218. The first-order valence-corrected chi connectivity index (χ1v) is 8.21. The van der Waals surface area contributed by atoms with E-state index in [9.17, 15) is 0 Å². The van der Waals surface area contributed by atoms with E-state index >= 15 is 0 Å². The van der Waals surface area contributed by atoms with E-state index in [2.05, 4.69) is 28.1 Å². The fraction of sp³-hybridized carbons (Fsp3) is 0.250. The molecule has 1 atom stereocenters. The Labute approximate surface area is 138 Å². The zero-order valence-electron chi connectivity index (χ0n) is 12.4. The van der Waals surface area contributed by atoms with Crippen LogP contribution in [0.25, 0.3) is 10.8 Å². The van der Waals surface area contributed by atoms with E-state index in [1.165, 1.54) is 0 Å². The third-order valence-electron chi connectivity index (χ3n) is 3.51. The van der Waals surface area contributed by atoms with E-state index in [-0.39, 0.29) is 6.04 Å². The van der Waals surface area contributed by atoms with Gasteiger partial charge in [0, 0.05) is 11.6 Å². The summed E-state index contributed by atoms with van der Waals surface area (Å²) in [7, 11) is 2.03. The summed E-state index contributed by atoms with van der Waals surface area (Å²) in [6.07, 6.45) is 0. The molecule has 0 unspecified atom stereocenters. The number of hydrogen-bond donors (Lipinski definition) is 0.